The average Bonchev–Trinajstić information content (AvgIpc) is 2.50. The molecular weight excluding hydrogens is 268 g/mol. The first kappa shape index (κ1) is 15.4. The van der Waals surface area contributed by atoms with E-state index in [1.165, 1.54) is 0 Å². The summed E-state index contributed by atoms with van der Waals surface area (Å²) in [5.74, 6) is -1.48. The molecule has 0 aromatic heterocycles. The molecule has 1 aliphatic heterocycles. The summed E-state index contributed by atoms with van der Waals surface area (Å²) in [6, 6.07) is 7.06. The quantitative estimate of drug-likeness (QED) is 0.774. The summed E-state index contributed by atoms with van der Waals surface area (Å²) in [5.41, 5.74) is 2.15. The Bertz CT molecular complexity index is 530. The number of amides is 1. The van der Waals surface area contributed by atoms with Crippen molar-refractivity contribution in [2.45, 2.75) is 32.7 Å². The second-order valence-corrected chi connectivity index (χ2v) is 5.65. The zero-order chi connectivity index (χ0) is 15.4. The zero-order valence-corrected chi connectivity index (χ0v) is 12.4. The SMILES string of the molecule is CCC(C)C(NC(=O)C1CNc2ccccc2C1)C(=O)O. The highest BCUT2D eigenvalue weighted by molar-refractivity contribution is 5.86. The molecular formula is C16H22N2O3. The summed E-state index contributed by atoms with van der Waals surface area (Å²) >= 11 is 0. The van der Waals surface area contributed by atoms with Gasteiger partial charge in [-0.3, -0.25) is 4.79 Å². The van der Waals surface area contributed by atoms with Crippen LogP contribution in [0.3, 0.4) is 0 Å². The van der Waals surface area contributed by atoms with E-state index in [2.05, 4.69) is 10.6 Å². The van der Waals surface area contributed by atoms with Gasteiger partial charge in [-0.25, -0.2) is 4.79 Å². The first-order valence-corrected chi connectivity index (χ1v) is 7.37. The van der Waals surface area contributed by atoms with Gasteiger partial charge in [0.05, 0.1) is 5.92 Å². The Balaban J connectivity index is 2.03. The summed E-state index contributed by atoms with van der Waals surface area (Å²) in [4.78, 5) is 23.6. The molecule has 0 radical (unpaired) electrons. The van der Waals surface area contributed by atoms with Crippen LogP contribution in [0.25, 0.3) is 0 Å². The van der Waals surface area contributed by atoms with Crippen LogP contribution in [0.5, 0.6) is 0 Å². The van der Waals surface area contributed by atoms with Crippen LogP contribution in [0, 0.1) is 11.8 Å². The summed E-state index contributed by atoms with van der Waals surface area (Å²) in [6.45, 7) is 4.30. The monoisotopic (exact) mass is 290 g/mol. The van der Waals surface area contributed by atoms with E-state index in [9.17, 15) is 14.7 Å². The van der Waals surface area contributed by atoms with Crippen LogP contribution in [0.1, 0.15) is 25.8 Å². The van der Waals surface area contributed by atoms with Crippen molar-refractivity contribution in [3.63, 3.8) is 0 Å². The van der Waals surface area contributed by atoms with E-state index in [-0.39, 0.29) is 17.7 Å². The lowest BCUT2D eigenvalue weighted by atomic mass is 9.92. The minimum atomic E-state index is -0.970. The molecule has 114 valence electrons. The van der Waals surface area contributed by atoms with Gasteiger partial charge >= 0.3 is 5.97 Å². The van der Waals surface area contributed by atoms with Crippen LogP contribution in [-0.4, -0.2) is 29.6 Å². The van der Waals surface area contributed by atoms with Crippen molar-refractivity contribution in [1.29, 1.82) is 0 Å². The van der Waals surface area contributed by atoms with E-state index in [0.29, 0.717) is 19.4 Å². The van der Waals surface area contributed by atoms with Gasteiger partial charge in [0.1, 0.15) is 6.04 Å². The Hall–Kier alpha value is -2.04. The molecule has 0 saturated carbocycles. The van der Waals surface area contributed by atoms with Crippen LogP contribution in [-0.2, 0) is 16.0 Å². The third kappa shape index (κ3) is 3.54. The Kier molecular flexibility index (Phi) is 4.83. The lowest BCUT2D eigenvalue weighted by Crippen LogP contribution is -2.49. The van der Waals surface area contributed by atoms with Crippen molar-refractivity contribution >= 4 is 17.6 Å². The van der Waals surface area contributed by atoms with Gasteiger partial charge in [0.25, 0.3) is 0 Å². The maximum absolute atomic E-state index is 12.3. The zero-order valence-electron chi connectivity index (χ0n) is 12.4. The highest BCUT2D eigenvalue weighted by Gasteiger charge is 2.30. The molecule has 1 aromatic carbocycles. The molecule has 3 N–H and O–H groups in total. The maximum Gasteiger partial charge on any atom is 0.326 e. The second-order valence-electron chi connectivity index (χ2n) is 5.65. The van der Waals surface area contributed by atoms with Crippen molar-refractivity contribution < 1.29 is 14.7 Å². The number of fused-ring (bicyclic) bond motifs is 1. The smallest absolute Gasteiger partial charge is 0.326 e. The van der Waals surface area contributed by atoms with Gasteiger partial charge < -0.3 is 15.7 Å². The van der Waals surface area contributed by atoms with E-state index in [4.69, 9.17) is 0 Å². The molecule has 5 nitrogen and oxygen atoms in total. The van der Waals surface area contributed by atoms with Crippen molar-refractivity contribution in [2.75, 3.05) is 11.9 Å². The number of benzene rings is 1. The van der Waals surface area contributed by atoms with Gasteiger partial charge in [-0.05, 0) is 24.0 Å². The molecule has 1 heterocycles. The third-order valence-electron chi connectivity index (χ3n) is 4.17. The van der Waals surface area contributed by atoms with E-state index < -0.39 is 12.0 Å². The summed E-state index contributed by atoms with van der Waals surface area (Å²) in [5, 5.41) is 15.2. The molecule has 2 rings (SSSR count). The minimum absolute atomic E-state index is 0.0877. The number of hydrogen-bond donors (Lipinski definition) is 3. The van der Waals surface area contributed by atoms with Gasteiger partial charge in [-0.2, -0.15) is 0 Å². The van der Waals surface area contributed by atoms with Crippen LogP contribution >= 0.6 is 0 Å². The van der Waals surface area contributed by atoms with E-state index in [1.54, 1.807) is 0 Å². The van der Waals surface area contributed by atoms with Gasteiger partial charge in [-0.1, -0.05) is 38.5 Å². The van der Waals surface area contributed by atoms with Crippen LogP contribution in [0.2, 0.25) is 0 Å². The fraction of sp³-hybridized carbons (Fsp3) is 0.500. The number of nitrogens with one attached hydrogen (secondary N) is 2. The predicted molar refractivity (Wildman–Crippen MR) is 81.1 cm³/mol. The Morgan fingerprint density at radius 2 is 2.14 bits per heavy atom. The summed E-state index contributed by atoms with van der Waals surface area (Å²) in [7, 11) is 0. The number of anilines is 1. The molecule has 0 bridgehead atoms. The number of carbonyl (C=O) groups excluding carboxylic acids is 1. The normalized spacial score (nSPS) is 19.8. The number of carbonyl (C=O) groups is 2. The van der Waals surface area contributed by atoms with E-state index >= 15 is 0 Å². The van der Waals surface area contributed by atoms with Crippen LogP contribution < -0.4 is 10.6 Å². The fourth-order valence-electron chi connectivity index (χ4n) is 2.58. The first-order chi connectivity index (χ1) is 10.0. The molecule has 21 heavy (non-hydrogen) atoms. The number of para-hydroxylation sites is 1. The molecule has 3 atom stereocenters. The maximum atomic E-state index is 12.3. The molecule has 0 saturated heterocycles. The van der Waals surface area contributed by atoms with E-state index in [1.807, 2.05) is 38.1 Å². The predicted octanol–water partition coefficient (Wildman–Crippen LogP) is 1.89. The van der Waals surface area contributed by atoms with Gasteiger partial charge in [0.15, 0.2) is 0 Å². The van der Waals surface area contributed by atoms with Crippen molar-refractivity contribution in [1.82, 2.24) is 5.32 Å². The lowest BCUT2D eigenvalue weighted by molar-refractivity contribution is -0.144. The Morgan fingerprint density at radius 1 is 1.43 bits per heavy atom. The molecule has 1 amide bonds. The topological polar surface area (TPSA) is 78.4 Å². The first-order valence-electron chi connectivity index (χ1n) is 7.37. The van der Waals surface area contributed by atoms with Crippen LogP contribution in [0.15, 0.2) is 24.3 Å². The van der Waals surface area contributed by atoms with E-state index in [0.717, 1.165) is 11.3 Å². The lowest BCUT2D eigenvalue weighted by Gasteiger charge is -2.28. The van der Waals surface area contributed by atoms with Crippen LogP contribution in [0.4, 0.5) is 5.69 Å². The van der Waals surface area contributed by atoms with Crippen molar-refractivity contribution in [3.8, 4) is 0 Å². The number of carboxylic acids is 1. The Labute approximate surface area is 124 Å². The third-order valence-corrected chi connectivity index (χ3v) is 4.17. The summed E-state index contributed by atoms with van der Waals surface area (Å²) < 4.78 is 0. The number of carboxylic acid groups (broad SMARTS) is 1. The average molecular weight is 290 g/mol. The number of aliphatic carboxylic acids is 1. The molecule has 1 aliphatic rings. The fourth-order valence-corrected chi connectivity index (χ4v) is 2.58. The highest BCUT2D eigenvalue weighted by Crippen LogP contribution is 2.24. The summed E-state index contributed by atoms with van der Waals surface area (Å²) in [6.07, 6.45) is 1.35. The minimum Gasteiger partial charge on any atom is -0.480 e. The largest absolute Gasteiger partial charge is 0.480 e. The van der Waals surface area contributed by atoms with Gasteiger partial charge in [0, 0.05) is 12.2 Å². The highest BCUT2D eigenvalue weighted by atomic mass is 16.4. The molecule has 1 aromatic rings. The van der Waals surface area contributed by atoms with Crippen molar-refractivity contribution in [2.24, 2.45) is 11.8 Å². The van der Waals surface area contributed by atoms with Gasteiger partial charge in [0.2, 0.25) is 5.91 Å². The standard InChI is InChI=1S/C16H22N2O3/c1-3-10(2)14(16(20)21)18-15(19)12-8-11-6-4-5-7-13(11)17-9-12/h4-7,10,12,14,17H,3,8-9H2,1-2H3,(H,18,19)(H,20,21). The number of hydrogen-bond acceptors (Lipinski definition) is 3. The molecule has 0 fully saturated rings. The molecule has 0 spiro atoms. The second kappa shape index (κ2) is 6.61. The molecule has 5 heteroatoms. The molecule has 0 aliphatic carbocycles. The van der Waals surface area contributed by atoms with Gasteiger partial charge in [-0.15, -0.1) is 0 Å². The molecule has 3 unspecified atom stereocenters. The Morgan fingerprint density at radius 3 is 2.81 bits per heavy atom. The van der Waals surface area contributed by atoms with Crippen molar-refractivity contribution in [3.05, 3.63) is 29.8 Å². The number of rotatable bonds is 5.